The Labute approximate surface area is 159 Å². The van der Waals surface area contributed by atoms with Crippen LogP contribution in [0.4, 0.5) is 5.69 Å². The monoisotopic (exact) mass is 379 g/mol. The summed E-state index contributed by atoms with van der Waals surface area (Å²) in [5.41, 5.74) is 4.25. The van der Waals surface area contributed by atoms with Crippen LogP contribution >= 0.6 is 11.3 Å². The molecule has 3 aromatic rings. The van der Waals surface area contributed by atoms with E-state index in [1.54, 1.807) is 30.3 Å². The number of aliphatic imine (C=N–C) groups is 1. The molecule has 4 rings (SSSR count). The number of rotatable bonds is 2. The summed E-state index contributed by atoms with van der Waals surface area (Å²) in [6.45, 7) is 1.47. The fourth-order valence-corrected chi connectivity index (χ4v) is 3.94. The average Bonchev–Trinajstić information content (AvgIpc) is 3.07. The van der Waals surface area contributed by atoms with E-state index in [-0.39, 0.29) is 22.4 Å². The Morgan fingerprint density at radius 1 is 1.22 bits per heavy atom. The quantitative estimate of drug-likeness (QED) is 0.714. The number of nitrogens with zero attached hydrogens (tertiary/aromatic N) is 2. The molecule has 1 unspecified atom stereocenters. The van der Waals surface area contributed by atoms with E-state index in [0.717, 1.165) is 27.0 Å². The van der Waals surface area contributed by atoms with Crippen LogP contribution in [0.25, 0.3) is 10.1 Å². The minimum Gasteiger partial charge on any atom is -0.508 e. The predicted octanol–water partition coefficient (Wildman–Crippen LogP) is 3.50. The van der Waals surface area contributed by atoms with Crippen LogP contribution in [0.2, 0.25) is 0 Å². The number of fused-ring (bicyclic) bond motifs is 1. The zero-order valence-corrected chi connectivity index (χ0v) is 15.4. The summed E-state index contributed by atoms with van der Waals surface area (Å²) in [4.78, 5) is 28.9. The van der Waals surface area contributed by atoms with Crippen LogP contribution in [0.3, 0.4) is 0 Å². The van der Waals surface area contributed by atoms with Gasteiger partial charge in [0.05, 0.1) is 6.04 Å². The van der Waals surface area contributed by atoms with E-state index in [1.165, 1.54) is 11.9 Å². The largest absolute Gasteiger partial charge is 0.508 e. The van der Waals surface area contributed by atoms with Gasteiger partial charge in [-0.25, -0.2) is 10.0 Å². The first-order chi connectivity index (χ1) is 13.0. The molecule has 7 heteroatoms. The number of hydrogen-bond donors (Lipinski definition) is 2. The second-order valence-corrected chi connectivity index (χ2v) is 7.34. The summed E-state index contributed by atoms with van der Waals surface area (Å²) in [6, 6.07) is 15.9. The molecule has 136 valence electrons. The maximum absolute atomic E-state index is 12.4. The maximum Gasteiger partial charge on any atom is 0.258 e. The normalized spacial score (nSPS) is 18.0. The molecule has 1 fully saturated rings. The first kappa shape index (κ1) is 17.2. The third kappa shape index (κ3) is 3.41. The zero-order chi connectivity index (χ0) is 19.0. The van der Waals surface area contributed by atoms with Crippen LogP contribution in [-0.4, -0.2) is 21.9 Å². The van der Waals surface area contributed by atoms with Gasteiger partial charge in [0.15, 0.2) is 0 Å². The fourth-order valence-electron chi connectivity index (χ4n) is 3.14. The Bertz CT molecular complexity index is 1110. The lowest BCUT2D eigenvalue weighted by atomic mass is 10.0. The van der Waals surface area contributed by atoms with Crippen molar-refractivity contribution < 1.29 is 9.90 Å². The molecule has 6 nitrogen and oxygen atoms in total. The number of phenolic OH excluding ortho intramolecular Hbond substituents is 1. The molecule has 1 saturated heterocycles. The molecule has 2 aromatic carbocycles. The maximum atomic E-state index is 12.4. The Morgan fingerprint density at radius 2 is 1.96 bits per heavy atom. The molecular weight excluding hydrogens is 362 g/mol. The van der Waals surface area contributed by atoms with E-state index in [9.17, 15) is 14.7 Å². The van der Waals surface area contributed by atoms with Crippen molar-refractivity contribution in [2.45, 2.75) is 19.4 Å². The number of hydrazine groups is 1. The van der Waals surface area contributed by atoms with Crippen LogP contribution in [-0.2, 0) is 4.79 Å². The highest BCUT2D eigenvalue weighted by molar-refractivity contribution is 7.16. The van der Waals surface area contributed by atoms with Crippen molar-refractivity contribution in [1.82, 2.24) is 10.4 Å². The summed E-state index contributed by atoms with van der Waals surface area (Å²) >= 11 is 1.16. The minimum atomic E-state index is -0.249. The van der Waals surface area contributed by atoms with Crippen molar-refractivity contribution in [2.75, 3.05) is 0 Å². The Balaban J connectivity index is 1.70. The third-order valence-electron chi connectivity index (χ3n) is 4.44. The number of carbonyl (C=O) groups excluding carboxylic acids is 1. The highest BCUT2D eigenvalue weighted by Gasteiger charge is 2.32. The Kier molecular flexibility index (Phi) is 4.37. The minimum absolute atomic E-state index is 0.120. The van der Waals surface area contributed by atoms with Crippen LogP contribution in [0, 0.1) is 0 Å². The van der Waals surface area contributed by atoms with Crippen LogP contribution in [0.1, 0.15) is 24.9 Å². The smallest absolute Gasteiger partial charge is 0.258 e. The molecule has 0 saturated carbocycles. The third-order valence-corrected chi connectivity index (χ3v) is 5.43. The standard InChI is InChI=1S/C20H17N3O3S/c1-12(24)23-17(13-6-8-15(25)9-7-13)11-19(22-23)21-16-10-14-4-2-3-5-18(14)27-20(16)26/h2-10,17,25H,11H2,1H3,(H,21,22). The molecule has 0 aliphatic carbocycles. The van der Waals surface area contributed by atoms with Gasteiger partial charge in [0.25, 0.3) is 4.74 Å². The topological polar surface area (TPSA) is 82.0 Å². The fraction of sp³-hybridized carbons (Fsp3) is 0.150. The summed E-state index contributed by atoms with van der Waals surface area (Å²) in [6.07, 6.45) is 0.460. The number of phenols is 1. The molecular formula is C20H17N3O3S. The van der Waals surface area contributed by atoms with Gasteiger partial charge in [0.2, 0.25) is 5.91 Å². The van der Waals surface area contributed by atoms with Crippen molar-refractivity contribution in [3.05, 3.63) is 69.7 Å². The lowest BCUT2D eigenvalue weighted by Gasteiger charge is -2.22. The average molecular weight is 379 g/mol. The van der Waals surface area contributed by atoms with Crippen LogP contribution in [0.15, 0.2) is 64.4 Å². The highest BCUT2D eigenvalue weighted by Crippen LogP contribution is 2.30. The SMILES string of the molecule is CC(=O)N1NC(=Nc2cc3ccccc3sc2=O)CC1c1ccc(O)cc1. The van der Waals surface area contributed by atoms with E-state index in [2.05, 4.69) is 10.4 Å². The van der Waals surface area contributed by atoms with Gasteiger partial charge in [-0.05, 0) is 35.2 Å². The molecule has 1 atom stereocenters. The molecule has 27 heavy (non-hydrogen) atoms. The molecule has 0 spiro atoms. The molecule has 1 amide bonds. The number of aromatic hydroxyl groups is 1. The zero-order valence-electron chi connectivity index (χ0n) is 14.5. The lowest BCUT2D eigenvalue weighted by Crippen LogP contribution is -2.38. The molecule has 0 bridgehead atoms. The van der Waals surface area contributed by atoms with Gasteiger partial charge >= 0.3 is 0 Å². The van der Waals surface area contributed by atoms with Gasteiger partial charge in [0, 0.05) is 18.0 Å². The summed E-state index contributed by atoms with van der Waals surface area (Å²) < 4.78 is 0.795. The number of nitrogens with one attached hydrogen (secondary N) is 1. The van der Waals surface area contributed by atoms with Crippen molar-refractivity contribution in [2.24, 2.45) is 4.99 Å². The van der Waals surface area contributed by atoms with E-state index in [1.807, 2.05) is 24.3 Å². The number of amides is 1. The predicted molar refractivity (Wildman–Crippen MR) is 106 cm³/mol. The first-order valence-electron chi connectivity index (χ1n) is 8.47. The van der Waals surface area contributed by atoms with Gasteiger partial charge in [-0.15, -0.1) is 0 Å². The van der Waals surface area contributed by atoms with Gasteiger partial charge in [-0.2, -0.15) is 0 Å². The van der Waals surface area contributed by atoms with Gasteiger partial charge in [-0.1, -0.05) is 41.7 Å². The van der Waals surface area contributed by atoms with Crippen molar-refractivity contribution in [1.29, 1.82) is 0 Å². The molecule has 1 aromatic heterocycles. The summed E-state index contributed by atoms with van der Waals surface area (Å²) in [5.74, 6) is 0.575. The van der Waals surface area contributed by atoms with E-state index >= 15 is 0 Å². The second-order valence-electron chi connectivity index (χ2n) is 6.33. The molecule has 2 heterocycles. The van der Waals surface area contributed by atoms with E-state index < -0.39 is 0 Å². The Hall–Kier alpha value is -3.19. The van der Waals surface area contributed by atoms with Crippen molar-refractivity contribution in [3.63, 3.8) is 0 Å². The first-order valence-corrected chi connectivity index (χ1v) is 9.29. The van der Waals surface area contributed by atoms with Crippen LogP contribution < -0.4 is 10.2 Å². The van der Waals surface area contributed by atoms with E-state index in [4.69, 9.17) is 0 Å². The molecule has 0 radical (unpaired) electrons. The number of carbonyl (C=O) groups is 1. The van der Waals surface area contributed by atoms with E-state index in [0.29, 0.717) is 17.9 Å². The van der Waals surface area contributed by atoms with Crippen molar-refractivity contribution >= 4 is 38.9 Å². The number of hydrogen-bond acceptors (Lipinski definition) is 5. The van der Waals surface area contributed by atoms with Crippen molar-refractivity contribution in [3.8, 4) is 5.75 Å². The van der Waals surface area contributed by atoms with Gasteiger partial charge < -0.3 is 5.11 Å². The van der Waals surface area contributed by atoms with Gasteiger partial charge in [0.1, 0.15) is 17.3 Å². The van der Waals surface area contributed by atoms with Gasteiger partial charge in [-0.3, -0.25) is 15.0 Å². The highest BCUT2D eigenvalue weighted by atomic mass is 32.1. The summed E-state index contributed by atoms with van der Waals surface area (Å²) in [7, 11) is 0. The molecule has 2 N–H and O–H groups in total. The summed E-state index contributed by atoms with van der Waals surface area (Å²) in [5, 5.41) is 11.9. The lowest BCUT2D eigenvalue weighted by molar-refractivity contribution is -0.132. The number of amidine groups is 1. The molecule has 1 aliphatic rings. The Morgan fingerprint density at radius 3 is 2.70 bits per heavy atom. The molecule has 1 aliphatic heterocycles. The number of benzene rings is 2. The van der Waals surface area contributed by atoms with Crippen LogP contribution in [0.5, 0.6) is 5.75 Å². The second kappa shape index (κ2) is 6.85.